The van der Waals surface area contributed by atoms with Crippen LogP contribution in [-0.4, -0.2) is 0 Å². The zero-order valence-corrected chi connectivity index (χ0v) is 10.2. The molecule has 0 radical (unpaired) electrons. The summed E-state index contributed by atoms with van der Waals surface area (Å²) >= 11 is 0. The largest absolute Gasteiger partial charge is 0.115 e. The van der Waals surface area contributed by atoms with Crippen molar-refractivity contribution in [3.63, 3.8) is 0 Å². The van der Waals surface area contributed by atoms with E-state index in [9.17, 15) is 0 Å². The van der Waals surface area contributed by atoms with E-state index >= 15 is 0 Å². The lowest BCUT2D eigenvalue weighted by Crippen LogP contribution is -2.05. The van der Waals surface area contributed by atoms with Crippen LogP contribution in [0.25, 0.3) is 5.57 Å². The maximum absolute atomic E-state index is 5.68. The van der Waals surface area contributed by atoms with Gasteiger partial charge in [0.1, 0.15) is 0 Å². The summed E-state index contributed by atoms with van der Waals surface area (Å²) in [6.07, 6.45) is 7.70. The van der Waals surface area contributed by atoms with Crippen LogP contribution in [0.5, 0.6) is 0 Å². The first-order valence-corrected chi connectivity index (χ1v) is 6.23. The number of allylic oxidation sites excluding steroid dienone is 1. The minimum atomic E-state index is 0.970. The van der Waals surface area contributed by atoms with Crippen molar-refractivity contribution >= 4 is 5.57 Å². The van der Waals surface area contributed by atoms with E-state index in [0.29, 0.717) is 0 Å². The summed E-state index contributed by atoms with van der Waals surface area (Å²) in [5, 5.41) is 0. The molecule has 0 N–H and O–H groups in total. The second kappa shape index (κ2) is 4.55. The molecule has 0 bridgehead atoms. The predicted octanol–water partition coefficient (Wildman–Crippen LogP) is 4.07. The van der Waals surface area contributed by atoms with E-state index in [1.165, 1.54) is 22.3 Å². The maximum atomic E-state index is 5.68. The average molecular weight is 230 g/mol. The molecule has 0 heteroatoms. The van der Waals surface area contributed by atoms with Crippen molar-refractivity contribution in [1.82, 2.24) is 0 Å². The lowest BCUT2D eigenvalue weighted by atomic mass is 9.82. The minimum absolute atomic E-state index is 0.970. The smallest absolute Gasteiger partial charge is 0.0105 e. The second-order valence-electron chi connectivity index (χ2n) is 4.52. The lowest BCUT2D eigenvalue weighted by Gasteiger charge is -2.21. The zero-order chi connectivity index (χ0) is 12.4. The molecule has 0 unspecified atom stereocenters. The summed E-state index contributed by atoms with van der Waals surface area (Å²) < 4.78 is 0. The number of rotatable bonds is 1. The molecule has 0 saturated carbocycles. The molecule has 1 aliphatic rings. The van der Waals surface area contributed by atoms with Gasteiger partial charge in [-0.25, -0.2) is 0 Å². The van der Waals surface area contributed by atoms with Gasteiger partial charge in [0.05, 0.1) is 0 Å². The van der Waals surface area contributed by atoms with Gasteiger partial charge in [0.15, 0.2) is 0 Å². The molecule has 0 saturated heterocycles. The average Bonchev–Trinajstić information content (AvgIpc) is 2.47. The molecule has 0 nitrogen and oxygen atoms in total. The summed E-state index contributed by atoms with van der Waals surface area (Å²) in [5.74, 6) is 2.87. The summed E-state index contributed by atoms with van der Waals surface area (Å²) in [4.78, 5) is 0. The van der Waals surface area contributed by atoms with Crippen LogP contribution in [0, 0.1) is 12.3 Å². The molecule has 0 fully saturated rings. The predicted molar refractivity (Wildman–Crippen MR) is 76.1 cm³/mol. The number of aryl methyl sites for hydroxylation is 1. The Hall–Kier alpha value is -2.26. The Balaban J connectivity index is 2.26. The van der Waals surface area contributed by atoms with Crippen LogP contribution >= 0.6 is 0 Å². The monoisotopic (exact) mass is 230 g/mol. The molecule has 2 aromatic carbocycles. The van der Waals surface area contributed by atoms with E-state index in [0.717, 1.165) is 18.4 Å². The minimum Gasteiger partial charge on any atom is -0.115 e. The fraction of sp³-hybridized carbons (Fsp3) is 0.111. The molecule has 0 heterocycles. The van der Waals surface area contributed by atoms with Crippen LogP contribution in [0.1, 0.15) is 23.1 Å². The SMILES string of the molecule is C#CC1=C(c2ccccc2)c2ccccc2CC1. The zero-order valence-electron chi connectivity index (χ0n) is 10.2. The van der Waals surface area contributed by atoms with E-state index in [4.69, 9.17) is 6.42 Å². The molecule has 18 heavy (non-hydrogen) atoms. The van der Waals surface area contributed by atoms with E-state index in [2.05, 4.69) is 54.5 Å². The molecular weight excluding hydrogens is 216 g/mol. The van der Waals surface area contributed by atoms with Gasteiger partial charge in [-0.05, 0) is 29.5 Å². The third-order valence-corrected chi connectivity index (χ3v) is 3.47. The summed E-state index contributed by atoms with van der Waals surface area (Å²) in [6.45, 7) is 0. The number of hydrogen-bond acceptors (Lipinski definition) is 0. The van der Waals surface area contributed by atoms with Crippen LogP contribution in [0.2, 0.25) is 0 Å². The Morgan fingerprint density at radius 1 is 0.833 bits per heavy atom. The van der Waals surface area contributed by atoms with Crippen LogP contribution < -0.4 is 0 Å². The van der Waals surface area contributed by atoms with Gasteiger partial charge in [0.25, 0.3) is 0 Å². The van der Waals surface area contributed by atoms with Gasteiger partial charge in [-0.2, -0.15) is 0 Å². The fourth-order valence-electron chi connectivity index (χ4n) is 2.61. The van der Waals surface area contributed by atoms with Crippen LogP contribution in [0.3, 0.4) is 0 Å². The molecule has 0 atom stereocenters. The van der Waals surface area contributed by atoms with Crippen molar-refractivity contribution in [2.75, 3.05) is 0 Å². The molecule has 0 amide bonds. The lowest BCUT2D eigenvalue weighted by molar-refractivity contribution is 0.949. The van der Waals surface area contributed by atoms with Crippen molar-refractivity contribution in [2.24, 2.45) is 0 Å². The highest BCUT2D eigenvalue weighted by molar-refractivity contribution is 5.87. The van der Waals surface area contributed by atoms with Crippen molar-refractivity contribution in [1.29, 1.82) is 0 Å². The first kappa shape index (κ1) is 10.9. The number of benzene rings is 2. The Morgan fingerprint density at radius 2 is 1.56 bits per heavy atom. The molecule has 0 aromatic heterocycles. The summed E-state index contributed by atoms with van der Waals surface area (Å²) in [5.41, 5.74) is 6.27. The first-order chi connectivity index (χ1) is 8.90. The molecule has 0 aliphatic heterocycles. The topological polar surface area (TPSA) is 0 Å². The van der Waals surface area contributed by atoms with Crippen LogP contribution in [0.4, 0.5) is 0 Å². The van der Waals surface area contributed by atoms with Crippen LogP contribution in [-0.2, 0) is 6.42 Å². The normalized spacial score (nSPS) is 13.9. The van der Waals surface area contributed by atoms with Gasteiger partial charge in [-0.3, -0.25) is 0 Å². The number of terminal acetylenes is 1. The van der Waals surface area contributed by atoms with Crippen molar-refractivity contribution < 1.29 is 0 Å². The Kier molecular flexibility index (Phi) is 2.74. The van der Waals surface area contributed by atoms with Gasteiger partial charge >= 0.3 is 0 Å². The quantitative estimate of drug-likeness (QED) is 0.648. The van der Waals surface area contributed by atoms with E-state index < -0.39 is 0 Å². The highest BCUT2D eigenvalue weighted by Crippen LogP contribution is 2.35. The molecule has 2 aromatic rings. The highest BCUT2D eigenvalue weighted by Gasteiger charge is 2.18. The molecule has 1 aliphatic carbocycles. The third kappa shape index (κ3) is 1.75. The first-order valence-electron chi connectivity index (χ1n) is 6.23. The number of hydrogen-bond donors (Lipinski definition) is 0. The highest BCUT2D eigenvalue weighted by atomic mass is 14.2. The molecule has 0 spiro atoms. The summed E-state index contributed by atoms with van der Waals surface area (Å²) in [7, 11) is 0. The van der Waals surface area contributed by atoms with E-state index in [1.807, 2.05) is 6.07 Å². The second-order valence-corrected chi connectivity index (χ2v) is 4.52. The Labute approximate surface area is 108 Å². The van der Waals surface area contributed by atoms with Gasteiger partial charge in [0.2, 0.25) is 0 Å². The van der Waals surface area contributed by atoms with Crippen LogP contribution in [0.15, 0.2) is 60.2 Å². The molecule has 86 valence electrons. The summed E-state index contributed by atoms with van der Waals surface area (Å²) in [6, 6.07) is 19.0. The molecule has 3 rings (SSSR count). The van der Waals surface area contributed by atoms with Gasteiger partial charge in [-0.15, -0.1) is 6.42 Å². The molecular formula is C18H14. The van der Waals surface area contributed by atoms with E-state index in [1.54, 1.807) is 0 Å². The van der Waals surface area contributed by atoms with Crippen molar-refractivity contribution in [3.05, 3.63) is 76.9 Å². The standard InChI is InChI=1S/C18H14/c1-2-14-12-13-15-8-6-7-11-17(15)18(14)16-9-4-3-5-10-16/h1,3-11H,12-13H2. The van der Waals surface area contributed by atoms with Gasteiger partial charge in [-0.1, -0.05) is 60.5 Å². The Morgan fingerprint density at radius 3 is 2.33 bits per heavy atom. The van der Waals surface area contributed by atoms with Gasteiger partial charge in [0, 0.05) is 11.1 Å². The fourth-order valence-corrected chi connectivity index (χ4v) is 2.61. The van der Waals surface area contributed by atoms with Gasteiger partial charge < -0.3 is 0 Å². The Bertz CT molecular complexity index is 639. The van der Waals surface area contributed by atoms with E-state index in [-0.39, 0.29) is 0 Å². The third-order valence-electron chi connectivity index (χ3n) is 3.47. The van der Waals surface area contributed by atoms with Crippen molar-refractivity contribution in [2.45, 2.75) is 12.8 Å². The maximum Gasteiger partial charge on any atom is 0.0105 e. The van der Waals surface area contributed by atoms with Crippen molar-refractivity contribution in [3.8, 4) is 12.3 Å². The number of fused-ring (bicyclic) bond motifs is 1.